The van der Waals surface area contributed by atoms with E-state index in [1.54, 1.807) is 19.2 Å². The molecule has 0 bridgehead atoms. The first-order valence-electron chi connectivity index (χ1n) is 6.13. The number of fused-ring (bicyclic) bond motifs is 1. The van der Waals surface area contributed by atoms with Gasteiger partial charge in [-0.15, -0.1) is 0 Å². The molecule has 3 rings (SSSR count). The van der Waals surface area contributed by atoms with Gasteiger partial charge < -0.3 is 24.8 Å². The highest BCUT2D eigenvalue weighted by Gasteiger charge is 2.36. The average Bonchev–Trinajstić information content (AvgIpc) is 3.03. The Kier molecular flexibility index (Phi) is 2.89. The molecule has 2 aliphatic rings. The van der Waals surface area contributed by atoms with Crippen LogP contribution in [0.2, 0.25) is 0 Å². The van der Waals surface area contributed by atoms with Crippen LogP contribution >= 0.6 is 0 Å². The molecule has 0 saturated carbocycles. The summed E-state index contributed by atoms with van der Waals surface area (Å²) in [6, 6.07) is 3.58. The average molecular weight is 278 g/mol. The van der Waals surface area contributed by atoms with E-state index in [0.29, 0.717) is 17.2 Å². The molecule has 0 aliphatic carbocycles. The third kappa shape index (κ3) is 1.82. The van der Waals surface area contributed by atoms with Crippen molar-refractivity contribution in [1.29, 1.82) is 0 Å². The Bertz CT molecular complexity index is 599. The number of carbonyl (C=O) groups excluding carboxylic acids is 1. The fraction of sp³-hybridized carbons (Fsp3) is 0.385. The molecule has 7 nitrogen and oxygen atoms in total. The topological polar surface area (TPSA) is 92.4 Å². The summed E-state index contributed by atoms with van der Waals surface area (Å²) in [5, 5.41) is 3.75. The van der Waals surface area contributed by atoms with Gasteiger partial charge in [0.1, 0.15) is 0 Å². The van der Waals surface area contributed by atoms with Crippen molar-refractivity contribution in [1.82, 2.24) is 0 Å². The molecule has 1 aromatic rings. The quantitative estimate of drug-likeness (QED) is 0.889. The Morgan fingerprint density at radius 2 is 2.25 bits per heavy atom. The highest BCUT2D eigenvalue weighted by molar-refractivity contribution is 6.39. The first-order chi connectivity index (χ1) is 9.61. The maximum absolute atomic E-state index is 11.2. The molecule has 0 aromatic heterocycles. The molecule has 0 fully saturated rings. The normalized spacial score (nSPS) is 23.2. The number of nitrogens with two attached hydrogens (primary N) is 1. The first-order valence-corrected chi connectivity index (χ1v) is 6.13. The summed E-state index contributed by atoms with van der Waals surface area (Å²) in [6.45, 7) is 1.98. The third-order valence-corrected chi connectivity index (χ3v) is 3.41. The second kappa shape index (κ2) is 4.59. The van der Waals surface area contributed by atoms with E-state index in [4.69, 9.17) is 24.8 Å². The highest BCUT2D eigenvalue weighted by atomic mass is 16.7. The van der Waals surface area contributed by atoms with E-state index in [9.17, 15) is 4.79 Å². The minimum atomic E-state index is -0.576. The molecule has 2 atom stereocenters. The van der Waals surface area contributed by atoms with E-state index in [2.05, 4.69) is 5.16 Å². The lowest BCUT2D eigenvalue weighted by atomic mass is 9.93. The van der Waals surface area contributed by atoms with E-state index >= 15 is 0 Å². The number of hydrogen-bond donors (Lipinski definition) is 1. The van der Waals surface area contributed by atoms with Crippen molar-refractivity contribution >= 4 is 11.6 Å². The lowest BCUT2D eigenvalue weighted by Gasteiger charge is -2.16. The largest absolute Gasteiger partial charge is 0.493 e. The van der Waals surface area contributed by atoms with Gasteiger partial charge in [0.2, 0.25) is 12.5 Å². The summed E-state index contributed by atoms with van der Waals surface area (Å²) in [4.78, 5) is 16.6. The molecular weight excluding hydrogens is 264 g/mol. The number of primary amides is 1. The summed E-state index contributed by atoms with van der Waals surface area (Å²) >= 11 is 0. The van der Waals surface area contributed by atoms with Crippen molar-refractivity contribution in [3.05, 3.63) is 17.7 Å². The summed E-state index contributed by atoms with van der Waals surface area (Å²) in [7, 11) is 1.55. The minimum Gasteiger partial charge on any atom is -0.493 e. The molecule has 20 heavy (non-hydrogen) atoms. The summed E-state index contributed by atoms with van der Waals surface area (Å²) in [5.74, 6) is 0.893. The van der Waals surface area contributed by atoms with Gasteiger partial charge in [-0.25, -0.2) is 0 Å². The van der Waals surface area contributed by atoms with E-state index in [-0.39, 0.29) is 18.4 Å². The highest BCUT2D eigenvalue weighted by Crippen LogP contribution is 2.45. The van der Waals surface area contributed by atoms with Crippen LogP contribution in [-0.4, -0.2) is 25.5 Å². The number of carbonyl (C=O) groups is 1. The van der Waals surface area contributed by atoms with Gasteiger partial charge in [0.15, 0.2) is 23.3 Å². The summed E-state index contributed by atoms with van der Waals surface area (Å²) in [6.07, 6.45) is -0.402. The zero-order valence-corrected chi connectivity index (χ0v) is 11.1. The van der Waals surface area contributed by atoms with Gasteiger partial charge in [0, 0.05) is 5.56 Å². The molecule has 1 aromatic carbocycles. The third-order valence-electron chi connectivity index (χ3n) is 3.41. The lowest BCUT2D eigenvalue weighted by Crippen LogP contribution is -2.28. The summed E-state index contributed by atoms with van der Waals surface area (Å²) in [5.41, 5.74) is 6.27. The maximum atomic E-state index is 11.2. The van der Waals surface area contributed by atoms with Crippen LogP contribution in [0, 0.1) is 5.92 Å². The molecule has 0 spiro atoms. The van der Waals surface area contributed by atoms with Gasteiger partial charge in [-0.05, 0) is 12.1 Å². The smallest absolute Gasteiger partial charge is 0.266 e. The van der Waals surface area contributed by atoms with Crippen LogP contribution in [0.15, 0.2) is 17.3 Å². The predicted molar refractivity (Wildman–Crippen MR) is 68.7 cm³/mol. The molecule has 2 N–H and O–H groups in total. The number of benzene rings is 1. The number of rotatable bonds is 3. The molecule has 7 heteroatoms. The number of oxime groups is 1. The standard InChI is InChI=1S/C13H14N2O5/c1-6-10(13(14)16)15-20-11(6)7-3-8(17-2)12-9(4-7)18-5-19-12/h3-4,6,11H,5H2,1-2H3,(H2,14,16)/t6-,11-/m0/s1. The Morgan fingerprint density at radius 3 is 2.90 bits per heavy atom. The molecule has 2 heterocycles. The Labute approximate surface area is 115 Å². The SMILES string of the molecule is COc1cc([C@H]2ON=C(C(N)=O)[C@@H]2C)cc2c1OCO2. The van der Waals surface area contributed by atoms with Crippen LogP contribution in [-0.2, 0) is 9.63 Å². The van der Waals surface area contributed by atoms with Gasteiger partial charge >= 0.3 is 0 Å². The van der Waals surface area contributed by atoms with Crippen LogP contribution in [0.5, 0.6) is 17.2 Å². The van der Waals surface area contributed by atoms with Crippen LogP contribution in [0.1, 0.15) is 18.6 Å². The Balaban J connectivity index is 1.95. The second-order valence-corrected chi connectivity index (χ2v) is 4.61. The lowest BCUT2D eigenvalue weighted by molar-refractivity contribution is -0.112. The Morgan fingerprint density at radius 1 is 1.45 bits per heavy atom. The molecule has 0 saturated heterocycles. The molecule has 2 aliphatic heterocycles. The van der Waals surface area contributed by atoms with Gasteiger partial charge in [-0.3, -0.25) is 4.79 Å². The predicted octanol–water partition coefficient (Wildman–Crippen LogP) is 0.973. The molecule has 1 amide bonds. The van der Waals surface area contributed by atoms with Gasteiger partial charge in [-0.2, -0.15) is 0 Å². The van der Waals surface area contributed by atoms with Crippen LogP contribution < -0.4 is 19.9 Å². The number of ether oxygens (including phenoxy) is 3. The molecule has 0 radical (unpaired) electrons. The van der Waals surface area contributed by atoms with Crippen LogP contribution in [0.3, 0.4) is 0 Å². The number of nitrogens with zero attached hydrogens (tertiary/aromatic N) is 1. The molecular formula is C13H14N2O5. The van der Waals surface area contributed by atoms with Gasteiger partial charge in [0.05, 0.1) is 13.0 Å². The van der Waals surface area contributed by atoms with Crippen molar-refractivity contribution in [2.45, 2.75) is 13.0 Å². The maximum Gasteiger partial charge on any atom is 0.266 e. The summed E-state index contributed by atoms with van der Waals surface area (Å²) < 4.78 is 16.0. The fourth-order valence-corrected chi connectivity index (χ4v) is 2.36. The van der Waals surface area contributed by atoms with Crippen molar-refractivity contribution < 1.29 is 23.8 Å². The monoisotopic (exact) mass is 278 g/mol. The number of methoxy groups -OCH3 is 1. The Hall–Kier alpha value is -2.44. The molecule has 0 unspecified atom stereocenters. The zero-order chi connectivity index (χ0) is 14.3. The first kappa shape index (κ1) is 12.6. The van der Waals surface area contributed by atoms with Crippen LogP contribution in [0.25, 0.3) is 0 Å². The second-order valence-electron chi connectivity index (χ2n) is 4.61. The van der Waals surface area contributed by atoms with Crippen molar-refractivity contribution in [2.24, 2.45) is 16.8 Å². The van der Waals surface area contributed by atoms with Crippen LogP contribution in [0.4, 0.5) is 0 Å². The van der Waals surface area contributed by atoms with E-state index < -0.39 is 12.0 Å². The van der Waals surface area contributed by atoms with Gasteiger partial charge in [0.25, 0.3) is 5.91 Å². The van der Waals surface area contributed by atoms with E-state index in [0.717, 1.165) is 5.56 Å². The van der Waals surface area contributed by atoms with E-state index in [1.165, 1.54) is 0 Å². The van der Waals surface area contributed by atoms with Crippen molar-refractivity contribution in [3.63, 3.8) is 0 Å². The van der Waals surface area contributed by atoms with Gasteiger partial charge in [-0.1, -0.05) is 12.1 Å². The number of hydrogen-bond acceptors (Lipinski definition) is 6. The van der Waals surface area contributed by atoms with Crippen molar-refractivity contribution in [3.8, 4) is 17.2 Å². The van der Waals surface area contributed by atoms with Crippen molar-refractivity contribution in [2.75, 3.05) is 13.9 Å². The minimum absolute atomic E-state index is 0.152. The molecule has 106 valence electrons. The zero-order valence-electron chi connectivity index (χ0n) is 11.1. The number of amides is 1. The van der Waals surface area contributed by atoms with E-state index in [1.807, 2.05) is 6.92 Å². The fourth-order valence-electron chi connectivity index (χ4n) is 2.36.